The van der Waals surface area contributed by atoms with Crippen LogP contribution in [0, 0.1) is 0 Å². The van der Waals surface area contributed by atoms with Gasteiger partial charge in [0, 0.05) is 16.5 Å². The number of alkyl halides is 3. The fraction of sp³-hybridized carbons (Fsp3) is 0.0667. The van der Waals surface area contributed by atoms with E-state index in [0.717, 1.165) is 4.88 Å². The van der Waals surface area contributed by atoms with Crippen LogP contribution in [0.5, 0.6) is 0 Å². The lowest BCUT2D eigenvalue weighted by molar-refractivity contribution is -0.143. The maximum Gasteiger partial charge on any atom is 0.433 e. The number of halogens is 5. The third-order valence-corrected chi connectivity index (χ3v) is 4.96. The lowest BCUT2D eigenvalue weighted by atomic mass is 10.1. The molecule has 0 radical (unpaired) electrons. The van der Waals surface area contributed by atoms with Crippen molar-refractivity contribution in [2.24, 2.45) is 0 Å². The Balaban J connectivity index is 2.25. The fourth-order valence-electron chi connectivity index (χ4n) is 2.36. The summed E-state index contributed by atoms with van der Waals surface area (Å²) in [6.45, 7) is 0. The molecule has 3 rings (SSSR count). The molecule has 0 aliphatic carbocycles. The zero-order valence-electron chi connectivity index (χ0n) is 12.6. The highest BCUT2D eigenvalue weighted by Crippen LogP contribution is 2.38. The topological polar surface area (TPSA) is 70.0 Å². The van der Waals surface area contributed by atoms with E-state index in [-0.39, 0.29) is 26.5 Å². The van der Waals surface area contributed by atoms with E-state index in [1.807, 2.05) is 5.38 Å². The fourth-order valence-corrected chi connectivity index (χ4v) is 3.95. The van der Waals surface area contributed by atoms with E-state index in [0.29, 0.717) is 10.1 Å². The maximum absolute atomic E-state index is 12.9. The molecule has 0 bridgehead atoms. The summed E-state index contributed by atoms with van der Waals surface area (Å²) in [5.74, 6) is 5.22. The Kier molecular flexibility index (Phi) is 4.63. The summed E-state index contributed by atoms with van der Waals surface area (Å²) in [6.07, 6.45) is -4.95. The SMILES string of the molecule is Nn1c(C(F)(F)F)cc(=O)n(-c2cc(Cl)c(-c3cccs3)c(Cl)c2)c1=O. The van der Waals surface area contributed by atoms with Gasteiger partial charge in [0.15, 0.2) is 5.69 Å². The van der Waals surface area contributed by atoms with Crippen LogP contribution < -0.4 is 17.1 Å². The number of nitrogens with zero attached hydrogens (tertiary/aromatic N) is 2. The standard InChI is InChI=1S/C15H8Cl2F3N3O2S/c16-8-4-7(5-9(17)13(8)10-2-1-3-26-10)22-12(24)6-11(15(18,19)20)23(21)14(22)25/h1-6H,21H2. The molecule has 0 unspecified atom stereocenters. The van der Waals surface area contributed by atoms with Crippen LogP contribution in [-0.4, -0.2) is 9.24 Å². The highest BCUT2D eigenvalue weighted by molar-refractivity contribution is 7.13. The van der Waals surface area contributed by atoms with Crippen molar-refractivity contribution in [3.8, 4) is 16.1 Å². The van der Waals surface area contributed by atoms with Crippen LogP contribution in [-0.2, 0) is 6.18 Å². The van der Waals surface area contributed by atoms with Crippen LogP contribution in [0.1, 0.15) is 5.69 Å². The summed E-state index contributed by atoms with van der Waals surface area (Å²) in [6, 6.07) is 6.32. The second-order valence-corrected chi connectivity index (χ2v) is 6.88. The van der Waals surface area contributed by atoms with Gasteiger partial charge in [-0.1, -0.05) is 29.3 Å². The molecule has 0 aliphatic heterocycles. The average Bonchev–Trinajstić information content (AvgIpc) is 3.03. The van der Waals surface area contributed by atoms with Crippen LogP contribution in [0.2, 0.25) is 10.0 Å². The van der Waals surface area contributed by atoms with Crippen molar-refractivity contribution in [1.29, 1.82) is 0 Å². The van der Waals surface area contributed by atoms with Gasteiger partial charge < -0.3 is 5.84 Å². The summed E-state index contributed by atoms with van der Waals surface area (Å²) >= 11 is 13.8. The lowest BCUT2D eigenvalue weighted by Crippen LogP contribution is -2.45. The number of rotatable bonds is 2. The van der Waals surface area contributed by atoms with Crippen LogP contribution >= 0.6 is 34.5 Å². The number of hydrogen-bond acceptors (Lipinski definition) is 4. The zero-order chi connectivity index (χ0) is 19.2. The van der Waals surface area contributed by atoms with Gasteiger partial charge in [-0.2, -0.15) is 13.2 Å². The Morgan fingerprint density at radius 2 is 1.69 bits per heavy atom. The Morgan fingerprint density at radius 1 is 1.08 bits per heavy atom. The number of benzene rings is 1. The lowest BCUT2D eigenvalue weighted by Gasteiger charge is -2.14. The van der Waals surface area contributed by atoms with Gasteiger partial charge in [0.25, 0.3) is 5.56 Å². The molecule has 2 N–H and O–H groups in total. The first kappa shape index (κ1) is 18.6. The first-order valence-corrected chi connectivity index (χ1v) is 8.49. The predicted molar refractivity (Wildman–Crippen MR) is 94.8 cm³/mol. The molecule has 136 valence electrons. The summed E-state index contributed by atoms with van der Waals surface area (Å²) in [7, 11) is 0. The molecule has 3 aromatic rings. The van der Waals surface area contributed by atoms with Gasteiger partial charge in [-0.05, 0) is 23.6 Å². The van der Waals surface area contributed by atoms with Crippen LogP contribution in [0.25, 0.3) is 16.1 Å². The molecular weight excluding hydrogens is 414 g/mol. The Bertz CT molecular complexity index is 1080. The van der Waals surface area contributed by atoms with Crippen molar-refractivity contribution < 1.29 is 13.2 Å². The average molecular weight is 422 g/mol. The highest BCUT2D eigenvalue weighted by atomic mass is 35.5. The van der Waals surface area contributed by atoms with Crippen LogP contribution in [0.15, 0.2) is 45.3 Å². The molecule has 11 heteroatoms. The van der Waals surface area contributed by atoms with E-state index in [2.05, 4.69) is 0 Å². The summed E-state index contributed by atoms with van der Waals surface area (Å²) < 4.78 is 38.9. The van der Waals surface area contributed by atoms with Gasteiger partial charge in [0.1, 0.15) is 0 Å². The Labute approximate surface area is 157 Å². The van der Waals surface area contributed by atoms with Crippen molar-refractivity contribution in [1.82, 2.24) is 9.24 Å². The molecule has 0 fully saturated rings. The quantitative estimate of drug-likeness (QED) is 0.640. The van der Waals surface area contributed by atoms with Crippen molar-refractivity contribution in [2.45, 2.75) is 6.18 Å². The molecule has 26 heavy (non-hydrogen) atoms. The monoisotopic (exact) mass is 421 g/mol. The molecule has 0 spiro atoms. The van der Waals surface area contributed by atoms with E-state index in [4.69, 9.17) is 29.0 Å². The second-order valence-electron chi connectivity index (χ2n) is 5.12. The van der Waals surface area contributed by atoms with Crippen molar-refractivity contribution in [2.75, 3.05) is 5.84 Å². The van der Waals surface area contributed by atoms with Gasteiger partial charge in [-0.15, -0.1) is 11.3 Å². The summed E-state index contributed by atoms with van der Waals surface area (Å²) in [4.78, 5) is 25.1. The van der Waals surface area contributed by atoms with Crippen molar-refractivity contribution in [3.05, 3.63) is 72.3 Å². The minimum Gasteiger partial charge on any atom is -0.335 e. The van der Waals surface area contributed by atoms with E-state index >= 15 is 0 Å². The van der Waals surface area contributed by atoms with E-state index < -0.39 is 23.1 Å². The molecular formula is C15H8Cl2F3N3O2S. The normalized spacial score (nSPS) is 11.7. The van der Waals surface area contributed by atoms with Gasteiger partial charge in [-0.3, -0.25) is 4.79 Å². The minimum absolute atomic E-state index is 0.0942. The summed E-state index contributed by atoms with van der Waals surface area (Å²) in [5.41, 5.74) is -3.75. The highest BCUT2D eigenvalue weighted by Gasteiger charge is 2.35. The minimum atomic E-state index is -4.95. The predicted octanol–water partition coefficient (Wildman–Crippen LogP) is 3.77. The molecule has 0 atom stereocenters. The molecule has 0 aliphatic rings. The number of nitrogens with two attached hydrogens (primary N) is 1. The third-order valence-electron chi connectivity index (χ3n) is 3.48. The maximum atomic E-state index is 12.9. The smallest absolute Gasteiger partial charge is 0.335 e. The second kappa shape index (κ2) is 6.49. The molecule has 0 amide bonds. The zero-order valence-corrected chi connectivity index (χ0v) is 14.9. The Morgan fingerprint density at radius 3 is 2.19 bits per heavy atom. The first-order valence-electron chi connectivity index (χ1n) is 6.86. The Hall–Kier alpha value is -2.23. The van der Waals surface area contributed by atoms with E-state index in [1.54, 1.807) is 12.1 Å². The van der Waals surface area contributed by atoms with Gasteiger partial charge in [0.05, 0.1) is 15.7 Å². The molecule has 0 saturated heterocycles. The van der Waals surface area contributed by atoms with Crippen LogP contribution in [0.3, 0.4) is 0 Å². The number of nitrogen functional groups attached to an aromatic ring is 1. The molecule has 2 aromatic heterocycles. The number of aromatic nitrogens is 2. The summed E-state index contributed by atoms with van der Waals surface area (Å²) in [5, 5.41) is 2.07. The first-order chi connectivity index (χ1) is 12.1. The van der Waals surface area contributed by atoms with Crippen LogP contribution in [0.4, 0.5) is 13.2 Å². The van der Waals surface area contributed by atoms with Crippen molar-refractivity contribution in [3.63, 3.8) is 0 Å². The van der Waals surface area contributed by atoms with Crippen molar-refractivity contribution >= 4 is 34.5 Å². The van der Waals surface area contributed by atoms with E-state index in [1.165, 1.54) is 23.5 Å². The molecule has 2 heterocycles. The van der Waals surface area contributed by atoms with Gasteiger partial charge >= 0.3 is 11.9 Å². The molecule has 5 nitrogen and oxygen atoms in total. The van der Waals surface area contributed by atoms with Gasteiger partial charge in [-0.25, -0.2) is 14.0 Å². The van der Waals surface area contributed by atoms with Gasteiger partial charge in [0.2, 0.25) is 0 Å². The molecule has 1 aromatic carbocycles. The number of hydrogen-bond donors (Lipinski definition) is 1. The number of thiophene rings is 1. The third kappa shape index (κ3) is 3.13. The molecule has 0 saturated carbocycles. The largest absolute Gasteiger partial charge is 0.433 e. The van der Waals surface area contributed by atoms with E-state index in [9.17, 15) is 22.8 Å².